The standard InChI is InChI=1S/C33H33F3N8O3S/c1-19-7-9-23(10-8-19)48(46,47)44-17-26(24-13-20(34)14-27(35)30(24)44)29-25(31-37-18-38-42-31)16-28(36)32(41-29)39-21-5-4-6-22(15-21)40-33(45)43-11-2-3-12-43/h7-10,13-14,16-18,21-22H,2-6,11-12,15H2,1H3,(H,39,41)(H,40,45)(H,37,38,42)/t21-,22+/m1/s1. The smallest absolute Gasteiger partial charge is 0.317 e. The molecule has 1 aliphatic heterocycles. The number of aryl methyl sites for hydroxylation is 1. The van der Waals surface area contributed by atoms with Crippen LogP contribution >= 0.6 is 0 Å². The van der Waals surface area contributed by atoms with Crippen molar-refractivity contribution in [3.8, 4) is 22.6 Å². The molecule has 15 heteroatoms. The van der Waals surface area contributed by atoms with Crippen molar-refractivity contribution in [2.75, 3.05) is 18.4 Å². The molecule has 2 atom stereocenters. The van der Waals surface area contributed by atoms with Gasteiger partial charge in [0.1, 0.15) is 17.7 Å². The van der Waals surface area contributed by atoms with Gasteiger partial charge in [-0.25, -0.2) is 40.3 Å². The van der Waals surface area contributed by atoms with Gasteiger partial charge in [-0.2, -0.15) is 5.10 Å². The highest BCUT2D eigenvalue weighted by molar-refractivity contribution is 7.90. The van der Waals surface area contributed by atoms with E-state index < -0.39 is 33.0 Å². The predicted molar refractivity (Wildman–Crippen MR) is 173 cm³/mol. The second-order valence-corrected chi connectivity index (χ2v) is 14.1. The molecule has 11 nitrogen and oxygen atoms in total. The van der Waals surface area contributed by atoms with E-state index in [2.05, 4.69) is 30.8 Å². The monoisotopic (exact) mass is 678 g/mol. The fourth-order valence-corrected chi connectivity index (χ4v) is 7.96. The van der Waals surface area contributed by atoms with Gasteiger partial charge >= 0.3 is 6.03 Å². The minimum Gasteiger partial charge on any atom is -0.365 e. The lowest BCUT2D eigenvalue weighted by atomic mass is 9.91. The van der Waals surface area contributed by atoms with Crippen molar-refractivity contribution < 1.29 is 26.4 Å². The zero-order valence-electron chi connectivity index (χ0n) is 26.0. The number of nitrogens with one attached hydrogen (secondary N) is 3. The molecule has 250 valence electrons. The number of H-pyrrole nitrogens is 1. The van der Waals surface area contributed by atoms with Crippen LogP contribution in [-0.2, 0) is 10.0 Å². The van der Waals surface area contributed by atoms with Crippen LogP contribution in [0.25, 0.3) is 33.5 Å². The molecule has 7 rings (SSSR count). The van der Waals surface area contributed by atoms with Crippen molar-refractivity contribution in [3.63, 3.8) is 0 Å². The van der Waals surface area contributed by atoms with Gasteiger partial charge in [0, 0.05) is 48.4 Å². The van der Waals surface area contributed by atoms with E-state index in [0.29, 0.717) is 18.9 Å². The van der Waals surface area contributed by atoms with E-state index >= 15 is 8.78 Å². The number of nitrogens with zero attached hydrogens (tertiary/aromatic N) is 5. The number of carbonyl (C=O) groups is 1. The summed E-state index contributed by atoms with van der Waals surface area (Å²) in [6, 6.07) is 8.36. The second kappa shape index (κ2) is 12.6. The van der Waals surface area contributed by atoms with Crippen molar-refractivity contribution in [1.29, 1.82) is 0 Å². The zero-order valence-corrected chi connectivity index (χ0v) is 26.8. The number of aromatic amines is 1. The highest BCUT2D eigenvalue weighted by atomic mass is 32.2. The number of likely N-dealkylation sites (tertiary alicyclic amines) is 1. The van der Waals surface area contributed by atoms with Crippen LogP contribution in [0.3, 0.4) is 0 Å². The molecule has 2 aromatic carbocycles. The molecule has 0 unspecified atom stereocenters. The summed E-state index contributed by atoms with van der Waals surface area (Å²) in [4.78, 5) is 23.2. The topological polar surface area (TPSA) is 138 Å². The number of carbonyl (C=O) groups excluding carboxylic acids is 1. The predicted octanol–water partition coefficient (Wildman–Crippen LogP) is 5.98. The average Bonchev–Trinajstić information content (AvgIpc) is 3.84. The molecular weight excluding hydrogens is 645 g/mol. The Morgan fingerprint density at radius 3 is 2.44 bits per heavy atom. The number of anilines is 1. The molecule has 2 amide bonds. The number of hydrogen-bond acceptors (Lipinski definition) is 7. The summed E-state index contributed by atoms with van der Waals surface area (Å²) < 4.78 is 74.6. The maximum Gasteiger partial charge on any atom is 0.317 e. The molecule has 4 heterocycles. The lowest BCUT2D eigenvalue weighted by Crippen LogP contribution is -2.47. The molecule has 0 bridgehead atoms. The van der Waals surface area contributed by atoms with Gasteiger partial charge in [0.25, 0.3) is 10.0 Å². The fourth-order valence-electron chi connectivity index (χ4n) is 6.58. The number of hydrogen-bond donors (Lipinski definition) is 3. The van der Waals surface area contributed by atoms with Gasteiger partial charge in [0.05, 0.1) is 16.2 Å². The SMILES string of the molecule is Cc1ccc(S(=O)(=O)n2cc(-c3nc(N[C@@H]4CCC[C@H](NC(=O)N5CCCC5)C4)c(F)cc3-c3nc[nH]n3)c3cc(F)cc(F)c32)cc1. The molecule has 0 radical (unpaired) electrons. The molecule has 3 N–H and O–H groups in total. The van der Waals surface area contributed by atoms with Crippen LogP contribution in [0.5, 0.6) is 0 Å². The third-order valence-corrected chi connectivity index (χ3v) is 10.7. The number of fused-ring (bicyclic) bond motifs is 1. The second-order valence-electron chi connectivity index (χ2n) is 12.3. The van der Waals surface area contributed by atoms with Gasteiger partial charge in [0.2, 0.25) is 0 Å². The Morgan fingerprint density at radius 2 is 1.71 bits per heavy atom. The molecule has 1 saturated heterocycles. The van der Waals surface area contributed by atoms with E-state index in [4.69, 9.17) is 0 Å². The lowest BCUT2D eigenvalue weighted by molar-refractivity contribution is 0.199. The number of halogens is 3. The number of benzene rings is 2. The Balaban J connectivity index is 1.31. The van der Waals surface area contributed by atoms with Crippen LogP contribution < -0.4 is 10.6 Å². The maximum atomic E-state index is 15.8. The summed E-state index contributed by atoms with van der Waals surface area (Å²) in [5.41, 5.74) is 0.556. The summed E-state index contributed by atoms with van der Waals surface area (Å²) >= 11 is 0. The van der Waals surface area contributed by atoms with Crippen molar-refractivity contribution >= 4 is 32.8 Å². The molecule has 2 aliphatic rings. The molecule has 0 spiro atoms. The first-order chi connectivity index (χ1) is 23.1. The van der Waals surface area contributed by atoms with Crippen molar-refractivity contribution in [1.82, 2.24) is 34.4 Å². The fraction of sp³-hybridized carbons (Fsp3) is 0.333. The summed E-state index contributed by atoms with van der Waals surface area (Å²) in [6.45, 7) is 3.26. The van der Waals surface area contributed by atoms with Crippen LogP contribution in [-0.4, -0.2) is 68.7 Å². The highest BCUT2D eigenvalue weighted by Crippen LogP contribution is 2.39. The first kappa shape index (κ1) is 31.7. The largest absolute Gasteiger partial charge is 0.365 e. The van der Waals surface area contributed by atoms with E-state index in [0.717, 1.165) is 66.6 Å². The lowest BCUT2D eigenvalue weighted by Gasteiger charge is -2.32. The van der Waals surface area contributed by atoms with Gasteiger partial charge in [-0.1, -0.05) is 17.7 Å². The summed E-state index contributed by atoms with van der Waals surface area (Å²) in [5, 5.41) is 12.8. The third-order valence-electron chi connectivity index (χ3n) is 8.99. The third kappa shape index (κ3) is 5.98. The Bertz CT molecular complexity index is 2100. The van der Waals surface area contributed by atoms with Crippen LogP contribution in [0.4, 0.5) is 23.8 Å². The maximum absolute atomic E-state index is 15.8. The average molecular weight is 679 g/mol. The Labute approximate surface area is 274 Å². The minimum atomic E-state index is -4.37. The molecule has 1 aliphatic carbocycles. The number of pyridine rings is 1. The molecule has 5 aromatic rings. The van der Waals surface area contributed by atoms with Gasteiger partial charge in [-0.3, -0.25) is 5.10 Å². The summed E-state index contributed by atoms with van der Waals surface area (Å²) in [5.74, 6) is -2.86. The highest BCUT2D eigenvalue weighted by Gasteiger charge is 2.30. The van der Waals surface area contributed by atoms with E-state index in [1.165, 1.54) is 18.5 Å². The Morgan fingerprint density at radius 1 is 0.958 bits per heavy atom. The van der Waals surface area contributed by atoms with E-state index in [1.807, 2.05) is 0 Å². The molecule has 3 aromatic heterocycles. The van der Waals surface area contributed by atoms with Crippen LogP contribution in [0.1, 0.15) is 44.1 Å². The molecule has 1 saturated carbocycles. The first-order valence-electron chi connectivity index (χ1n) is 15.8. The van der Waals surface area contributed by atoms with Crippen LogP contribution in [0.2, 0.25) is 0 Å². The van der Waals surface area contributed by atoms with Crippen LogP contribution in [0.15, 0.2) is 59.9 Å². The number of amides is 2. The van der Waals surface area contributed by atoms with Crippen molar-refractivity contribution in [3.05, 3.63) is 78.0 Å². The van der Waals surface area contributed by atoms with E-state index in [1.54, 1.807) is 24.0 Å². The first-order valence-corrected chi connectivity index (χ1v) is 17.2. The van der Waals surface area contributed by atoms with E-state index in [-0.39, 0.29) is 56.9 Å². The normalized spacial score (nSPS) is 18.4. The van der Waals surface area contributed by atoms with Gasteiger partial charge in [0.15, 0.2) is 23.3 Å². The molecule has 2 fully saturated rings. The number of urea groups is 1. The van der Waals surface area contributed by atoms with Crippen molar-refractivity contribution in [2.24, 2.45) is 0 Å². The van der Waals surface area contributed by atoms with E-state index in [9.17, 15) is 17.6 Å². The van der Waals surface area contributed by atoms with Gasteiger partial charge in [-0.15, -0.1) is 0 Å². The molecular formula is C33H33F3N8O3S. The summed E-state index contributed by atoms with van der Waals surface area (Å²) in [6.07, 6.45) is 7.21. The Kier molecular flexibility index (Phi) is 8.31. The Hall–Kier alpha value is -4.92. The quantitative estimate of drug-likeness (QED) is 0.193. The summed E-state index contributed by atoms with van der Waals surface area (Å²) in [7, 11) is -4.37. The number of rotatable bonds is 7. The van der Waals surface area contributed by atoms with Crippen LogP contribution in [0, 0.1) is 24.4 Å². The number of aromatic nitrogens is 5. The van der Waals surface area contributed by atoms with Gasteiger partial charge < -0.3 is 15.5 Å². The molecule has 48 heavy (non-hydrogen) atoms. The minimum absolute atomic E-state index is 0.0149. The zero-order chi connectivity index (χ0) is 33.6. The van der Waals surface area contributed by atoms with Gasteiger partial charge in [-0.05, 0) is 69.7 Å². The van der Waals surface area contributed by atoms with Crippen molar-refractivity contribution in [2.45, 2.75) is 62.4 Å².